The lowest BCUT2D eigenvalue weighted by atomic mass is 10.0. The van der Waals surface area contributed by atoms with E-state index in [1.54, 1.807) is 0 Å². The molecule has 0 spiro atoms. The van der Waals surface area contributed by atoms with Gasteiger partial charge >= 0.3 is 5.97 Å². The number of aryl methyl sites for hydroxylation is 1. The van der Waals surface area contributed by atoms with E-state index in [0.717, 1.165) is 4.68 Å². The van der Waals surface area contributed by atoms with Gasteiger partial charge in [-0.2, -0.15) is 4.31 Å². The van der Waals surface area contributed by atoms with Crippen LogP contribution in [0.15, 0.2) is 9.63 Å². The molecule has 1 aliphatic heterocycles. The van der Waals surface area contributed by atoms with Crippen LogP contribution in [0.4, 0.5) is 0 Å². The predicted octanol–water partition coefficient (Wildman–Crippen LogP) is 0.0629. The minimum Gasteiger partial charge on any atom is -0.481 e. The Hall–Kier alpha value is -1.00. The normalized spacial score (nSPS) is 21.5. The van der Waals surface area contributed by atoms with E-state index in [4.69, 9.17) is 5.11 Å². The van der Waals surface area contributed by atoms with Crippen molar-refractivity contribution in [2.75, 3.05) is 13.1 Å². The van der Waals surface area contributed by atoms with Crippen LogP contribution in [0.3, 0.4) is 0 Å². The number of rotatable bonds is 3. The van der Waals surface area contributed by atoms with Crippen LogP contribution in [0.1, 0.15) is 12.8 Å². The monoisotopic (exact) mass is 352 g/mol. The Kier molecular flexibility index (Phi) is 3.92. The van der Waals surface area contributed by atoms with Gasteiger partial charge in [0.1, 0.15) is 0 Å². The summed E-state index contributed by atoms with van der Waals surface area (Å²) in [5.74, 6) is -1.63. The Balaban J connectivity index is 2.32. The van der Waals surface area contributed by atoms with Crippen molar-refractivity contribution in [3.05, 3.63) is 4.60 Å². The van der Waals surface area contributed by atoms with Crippen LogP contribution in [0, 0.1) is 5.92 Å². The highest BCUT2D eigenvalue weighted by atomic mass is 79.9. The molecule has 1 aliphatic rings. The standard InChI is InChI=1S/C9H13BrN4O4S/c1-13-8(7(10)11-12-13)19(17,18)14-4-2-3-6(5-14)9(15)16/h6H,2-5H2,1H3,(H,15,16). The molecule has 1 aromatic heterocycles. The van der Waals surface area contributed by atoms with Gasteiger partial charge in [-0.1, -0.05) is 5.21 Å². The van der Waals surface area contributed by atoms with Gasteiger partial charge < -0.3 is 5.11 Å². The Bertz CT molecular complexity index is 580. The lowest BCUT2D eigenvalue weighted by Crippen LogP contribution is -2.42. The SMILES string of the molecule is Cn1nnc(Br)c1S(=O)(=O)N1CCCC(C(=O)O)C1. The molecule has 0 radical (unpaired) electrons. The number of nitrogens with zero attached hydrogens (tertiary/aromatic N) is 4. The molecule has 106 valence electrons. The maximum atomic E-state index is 12.5. The van der Waals surface area contributed by atoms with Crippen LogP contribution in [0.5, 0.6) is 0 Å². The molecule has 0 aromatic carbocycles. The van der Waals surface area contributed by atoms with Gasteiger partial charge in [-0.25, -0.2) is 13.1 Å². The summed E-state index contributed by atoms with van der Waals surface area (Å²) in [5, 5.41) is 16.2. The Morgan fingerprint density at radius 3 is 2.74 bits per heavy atom. The van der Waals surface area contributed by atoms with Crippen LogP contribution in [-0.4, -0.2) is 51.9 Å². The number of carboxylic acid groups (broad SMARTS) is 1. The quantitative estimate of drug-likeness (QED) is 0.824. The number of hydrogen-bond donors (Lipinski definition) is 1. The zero-order chi connectivity index (χ0) is 14.2. The van der Waals surface area contributed by atoms with Crippen LogP contribution < -0.4 is 0 Å². The molecule has 1 fully saturated rings. The summed E-state index contributed by atoms with van der Waals surface area (Å²) in [5.41, 5.74) is 0. The molecule has 1 atom stereocenters. The molecule has 1 unspecified atom stereocenters. The number of hydrogen-bond acceptors (Lipinski definition) is 5. The van der Waals surface area contributed by atoms with E-state index in [2.05, 4.69) is 26.2 Å². The molecule has 2 heterocycles. The number of halogens is 1. The third-order valence-corrected chi connectivity index (χ3v) is 5.81. The maximum absolute atomic E-state index is 12.5. The van der Waals surface area contributed by atoms with Gasteiger partial charge in [0.05, 0.1) is 5.92 Å². The van der Waals surface area contributed by atoms with E-state index in [1.165, 1.54) is 11.4 Å². The smallest absolute Gasteiger partial charge is 0.307 e. The summed E-state index contributed by atoms with van der Waals surface area (Å²) in [6.45, 7) is 0.291. The highest BCUT2D eigenvalue weighted by Gasteiger charge is 2.36. The first kappa shape index (κ1) is 14.4. The maximum Gasteiger partial charge on any atom is 0.307 e. The van der Waals surface area contributed by atoms with E-state index in [1.807, 2.05) is 0 Å². The lowest BCUT2D eigenvalue weighted by molar-refractivity contribution is -0.142. The average molecular weight is 353 g/mol. The fourth-order valence-corrected chi connectivity index (χ4v) is 4.64. The summed E-state index contributed by atoms with van der Waals surface area (Å²) < 4.78 is 27.4. The lowest BCUT2D eigenvalue weighted by Gasteiger charge is -2.29. The minimum absolute atomic E-state index is 0.0186. The molecule has 10 heteroatoms. The van der Waals surface area contributed by atoms with Crippen LogP contribution in [0.25, 0.3) is 0 Å². The fourth-order valence-electron chi connectivity index (χ4n) is 2.08. The van der Waals surface area contributed by atoms with Gasteiger partial charge in [-0.05, 0) is 28.8 Å². The van der Waals surface area contributed by atoms with Gasteiger partial charge in [-0.3, -0.25) is 4.79 Å². The Morgan fingerprint density at radius 1 is 1.53 bits per heavy atom. The number of carboxylic acids is 1. The first-order chi connectivity index (χ1) is 8.84. The highest BCUT2D eigenvalue weighted by molar-refractivity contribution is 9.10. The highest BCUT2D eigenvalue weighted by Crippen LogP contribution is 2.26. The third kappa shape index (κ3) is 2.65. The molecule has 2 rings (SSSR count). The van der Waals surface area contributed by atoms with Gasteiger partial charge in [0, 0.05) is 20.1 Å². The van der Waals surface area contributed by atoms with Gasteiger partial charge in [0.2, 0.25) is 5.03 Å². The molecule has 1 saturated heterocycles. The second-order valence-electron chi connectivity index (χ2n) is 4.35. The number of aliphatic carboxylic acids is 1. The van der Waals surface area contributed by atoms with Gasteiger partial charge in [0.25, 0.3) is 10.0 Å². The molecule has 0 amide bonds. The van der Waals surface area contributed by atoms with E-state index in [0.29, 0.717) is 19.4 Å². The average Bonchev–Trinajstić information content (AvgIpc) is 2.69. The summed E-state index contributed by atoms with van der Waals surface area (Å²) in [4.78, 5) is 11.0. The van der Waals surface area contributed by atoms with Crippen LogP contribution in [0.2, 0.25) is 0 Å². The van der Waals surface area contributed by atoms with E-state index >= 15 is 0 Å². The van der Waals surface area contributed by atoms with Crippen molar-refractivity contribution in [3.8, 4) is 0 Å². The summed E-state index contributed by atoms with van der Waals surface area (Å²) in [6, 6.07) is 0. The molecule has 1 N–H and O–H groups in total. The molecule has 8 nitrogen and oxygen atoms in total. The van der Waals surface area contributed by atoms with E-state index in [-0.39, 0.29) is 16.2 Å². The van der Waals surface area contributed by atoms with Crippen molar-refractivity contribution < 1.29 is 18.3 Å². The molecular formula is C9H13BrN4O4S. The van der Waals surface area contributed by atoms with E-state index in [9.17, 15) is 13.2 Å². The molecule has 1 aromatic rings. The van der Waals surface area contributed by atoms with E-state index < -0.39 is 21.9 Å². The van der Waals surface area contributed by atoms with Crippen molar-refractivity contribution in [3.63, 3.8) is 0 Å². The second kappa shape index (κ2) is 5.17. The zero-order valence-corrected chi connectivity index (χ0v) is 12.6. The molecular weight excluding hydrogens is 340 g/mol. The van der Waals surface area contributed by atoms with Crippen molar-refractivity contribution in [2.45, 2.75) is 17.9 Å². The zero-order valence-electron chi connectivity index (χ0n) is 10.2. The second-order valence-corrected chi connectivity index (χ2v) is 6.95. The van der Waals surface area contributed by atoms with Crippen molar-refractivity contribution in [2.24, 2.45) is 13.0 Å². The summed E-state index contributed by atoms with van der Waals surface area (Å²) in [6.07, 6.45) is 1.02. The summed E-state index contributed by atoms with van der Waals surface area (Å²) in [7, 11) is -2.31. The van der Waals surface area contributed by atoms with Crippen molar-refractivity contribution in [1.29, 1.82) is 0 Å². The van der Waals surface area contributed by atoms with Crippen molar-refractivity contribution in [1.82, 2.24) is 19.3 Å². The van der Waals surface area contributed by atoms with Crippen molar-refractivity contribution >= 4 is 31.9 Å². The molecule has 0 bridgehead atoms. The largest absolute Gasteiger partial charge is 0.481 e. The molecule has 0 saturated carbocycles. The minimum atomic E-state index is -3.79. The van der Waals surface area contributed by atoms with Gasteiger partial charge in [0.15, 0.2) is 4.60 Å². The number of aromatic nitrogens is 3. The fraction of sp³-hybridized carbons (Fsp3) is 0.667. The number of carbonyl (C=O) groups is 1. The topological polar surface area (TPSA) is 105 Å². The van der Waals surface area contributed by atoms with Crippen LogP contribution >= 0.6 is 15.9 Å². The Morgan fingerprint density at radius 2 is 2.21 bits per heavy atom. The molecule has 0 aliphatic carbocycles. The first-order valence-corrected chi connectivity index (χ1v) is 7.85. The number of piperidine rings is 1. The summed E-state index contributed by atoms with van der Waals surface area (Å²) >= 11 is 3.05. The Labute approximate surface area is 118 Å². The van der Waals surface area contributed by atoms with Gasteiger partial charge in [-0.15, -0.1) is 5.10 Å². The third-order valence-electron chi connectivity index (χ3n) is 3.05. The predicted molar refractivity (Wildman–Crippen MR) is 67.8 cm³/mol. The number of sulfonamides is 1. The molecule has 19 heavy (non-hydrogen) atoms. The van der Waals surface area contributed by atoms with Crippen LogP contribution in [-0.2, 0) is 21.9 Å². The first-order valence-electron chi connectivity index (χ1n) is 5.62.